The highest BCUT2D eigenvalue weighted by molar-refractivity contribution is 7.89. The second kappa shape index (κ2) is 7.51. The predicted octanol–water partition coefficient (Wildman–Crippen LogP) is 1.91. The average Bonchev–Trinajstić information content (AvgIpc) is 2.34. The van der Waals surface area contributed by atoms with Gasteiger partial charge >= 0.3 is 0 Å². The van der Waals surface area contributed by atoms with Crippen molar-refractivity contribution in [3.8, 4) is 0 Å². The van der Waals surface area contributed by atoms with Crippen LogP contribution in [0.25, 0.3) is 0 Å². The van der Waals surface area contributed by atoms with E-state index < -0.39 is 10.0 Å². The number of nitrogens with one attached hydrogen (secondary N) is 1. The molecule has 4 nitrogen and oxygen atoms in total. The van der Waals surface area contributed by atoms with Gasteiger partial charge in [0.2, 0.25) is 10.0 Å². The highest BCUT2D eigenvalue weighted by atomic mass is 32.2. The van der Waals surface area contributed by atoms with Crippen LogP contribution < -0.4 is 4.72 Å². The Morgan fingerprint density at radius 2 is 1.83 bits per heavy atom. The van der Waals surface area contributed by atoms with Crippen molar-refractivity contribution in [1.29, 1.82) is 0 Å². The van der Waals surface area contributed by atoms with E-state index in [1.54, 1.807) is 37.3 Å². The van der Waals surface area contributed by atoms with E-state index in [4.69, 9.17) is 5.11 Å². The molecule has 18 heavy (non-hydrogen) atoms. The molecule has 1 aromatic rings. The Bertz CT molecular complexity index is 429. The maximum Gasteiger partial charge on any atom is 0.240 e. The summed E-state index contributed by atoms with van der Waals surface area (Å²) in [4.78, 5) is 0.300. The number of sulfonamides is 1. The van der Waals surface area contributed by atoms with Crippen LogP contribution >= 0.6 is 0 Å². The van der Waals surface area contributed by atoms with Gasteiger partial charge in [-0.2, -0.15) is 0 Å². The molecule has 0 bridgehead atoms. The third-order valence-corrected chi connectivity index (χ3v) is 4.12. The zero-order chi connectivity index (χ0) is 13.4. The van der Waals surface area contributed by atoms with E-state index in [1.165, 1.54) is 0 Å². The quantitative estimate of drug-likeness (QED) is 0.710. The summed E-state index contributed by atoms with van der Waals surface area (Å²) in [5, 5.41) is 9.08. The molecule has 0 aliphatic rings. The maximum atomic E-state index is 11.8. The second-order valence-electron chi connectivity index (χ2n) is 4.41. The van der Waals surface area contributed by atoms with Gasteiger partial charge in [0.1, 0.15) is 0 Å². The molecule has 0 aliphatic heterocycles. The van der Waals surface area contributed by atoms with E-state index in [0.29, 0.717) is 11.4 Å². The highest BCUT2D eigenvalue weighted by Gasteiger charge is 2.11. The van der Waals surface area contributed by atoms with E-state index in [9.17, 15) is 8.42 Å². The molecule has 0 aromatic heterocycles. The summed E-state index contributed by atoms with van der Waals surface area (Å²) in [6.45, 7) is 2.20. The van der Waals surface area contributed by atoms with Crippen molar-refractivity contribution in [2.75, 3.05) is 6.54 Å². The molecule has 0 spiro atoms. The Labute approximate surface area is 109 Å². The molecule has 2 N–H and O–H groups in total. The standard InChI is InChI=1S/C13H21NO3S/c1-12(15)8-4-3-7-11-14-18(16,17)13-9-5-2-6-10-13/h2,5-6,9-10,12,14-15H,3-4,7-8,11H2,1H3. The van der Waals surface area contributed by atoms with E-state index in [-0.39, 0.29) is 6.10 Å². The number of hydrogen-bond acceptors (Lipinski definition) is 3. The van der Waals surface area contributed by atoms with Gasteiger partial charge in [-0.3, -0.25) is 0 Å². The minimum Gasteiger partial charge on any atom is -0.393 e. The fourth-order valence-electron chi connectivity index (χ4n) is 1.63. The molecule has 0 heterocycles. The molecule has 1 unspecified atom stereocenters. The van der Waals surface area contributed by atoms with E-state index in [1.807, 2.05) is 0 Å². The normalized spacial score (nSPS) is 13.4. The monoisotopic (exact) mass is 271 g/mol. The van der Waals surface area contributed by atoms with Crippen molar-refractivity contribution < 1.29 is 13.5 Å². The molecule has 0 saturated heterocycles. The first-order valence-corrected chi connectivity index (χ1v) is 7.73. The molecular formula is C13H21NO3S. The van der Waals surface area contributed by atoms with Crippen molar-refractivity contribution in [1.82, 2.24) is 4.72 Å². The van der Waals surface area contributed by atoms with Crippen molar-refractivity contribution >= 4 is 10.0 Å². The number of aliphatic hydroxyl groups is 1. The first-order valence-electron chi connectivity index (χ1n) is 6.25. The smallest absolute Gasteiger partial charge is 0.240 e. The molecule has 1 atom stereocenters. The lowest BCUT2D eigenvalue weighted by Crippen LogP contribution is -2.24. The van der Waals surface area contributed by atoms with Crippen LogP contribution in [0.5, 0.6) is 0 Å². The van der Waals surface area contributed by atoms with Crippen LogP contribution in [0.4, 0.5) is 0 Å². The Morgan fingerprint density at radius 3 is 2.44 bits per heavy atom. The fraction of sp³-hybridized carbons (Fsp3) is 0.538. The Hall–Kier alpha value is -0.910. The van der Waals surface area contributed by atoms with E-state index in [0.717, 1.165) is 25.7 Å². The van der Waals surface area contributed by atoms with Crippen molar-refractivity contribution in [3.05, 3.63) is 30.3 Å². The number of benzene rings is 1. The summed E-state index contributed by atoms with van der Waals surface area (Å²) in [7, 11) is -3.36. The number of hydrogen-bond donors (Lipinski definition) is 2. The van der Waals surface area contributed by atoms with Crippen molar-refractivity contribution in [2.24, 2.45) is 0 Å². The maximum absolute atomic E-state index is 11.8. The summed E-state index contributed by atoms with van der Waals surface area (Å²) in [5.74, 6) is 0. The topological polar surface area (TPSA) is 66.4 Å². The van der Waals surface area contributed by atoms with E-state index >= 15 is 0 Å². The SMILES string of the molecule is CC(O)CCCCCNS(=O)(=O)c1ccccc1. The Morgan fingerprint density at radius 1 is 1.17 bits per heavy atom. The lowest BCUT2D eigenvalue weighted by Gasteiger charge is -2.07. The van der Waals surface area contributed by atoms with Crippen LogP contribution in [-0.2, 0) is 10.0 Å². The van der Waals surface area contributed by atoms with Gasteiger partial charge in [0, 0.05) is 6.54 Å². The lowest BCUT2D eigenvalue weighted by atomic mass is 10.1. The first-order chi connectivity index (χ1) is 8.52. The molecule has 0 saturated carbocycles. The number of rotatable bonds is 8. The van der Waals surface area contributed by atoms with Crippen molar-refractivity contribution in [3.63, 3.8) is 0 Å². The van der Waals surface area contributed by atoms with Crippen LogP contribution in [-0.4, -0.2) is 26.2 Å². The van der Waals surface area contributed by atoms with Crippen LogP contribution in [0, 0.1) is 0 Å². The van der Waals surface area contributed by atoms with Crippen LogP contribution in [0.2, 0.25) is 0 Å². The minimum atomic E-state index is -3.36. The number of aliphatic hydroxyl groups excluding tert-OH is 1. The van der Waals surface area contributed by atoms with Gasteiger partial charge in [0.05, 0.1) is 11.0 Å². The summed E-state index contributed by atoms with van der Waals surface area (Å²) >= 11 is 0. The largest absolute Gasteiger partial charge is 0.393 e. The van der Waals surface area contributed by atoms with Gasteiger partial charge in [-0.05, 0) is 31.9 Å². The zero-order valence-electron chi connectivity index (χ0n) is 10.7. The summed E-state index contributed by atoms with van der Waals surface area (Å²) in [6.07, 6.45) is 3.13. The van der Waals surface area contributed by atoms with Gasteiger partial charge < -0.3 is 5.11 Å². The average molecular weight is 271 g/mol. The van der Waals surface area contributed by atoms with E-state index in [2.05, 4.69) is 4.72 Å². The number of unbranched alkanes of at least 4 members (excludes halogenated alkanes) is 2. The highest BCUT2D eigenvalue weighted by Crippen LogP contribution is 2.08. The summed E-state index contributed by atoms with van der Waals surface area (Å²) < 4.78 is 26.2. The molecular weight excluding hydrogens is 250 g/mol. The molecule has 0 fully saturated rings. The van der Waals surface area contributed by atoms with Gasteiger partial charge in [0.25, 0.3) is 0 Å². The van der Waals surface area contributed by atoms with Crippen molar-refractivity contribution in [2.45, 2.75) is 43.6 Å². The third kappa shape index (κ3) is 5.62. The Balaban J connectivity index is 2.27. The van der Waals surface area contributed by atoms with Gasteiger partial charge in [-0.1, -0.05) is 31.0 Å². The second-order valence-corrected chi connectivity index (χ2v) is 6.18. The fourth-order valence-corrected chi connectivity index (χ4v) is 2.73. The van der Waals surface area contributed by atoms with Gasteiger partial charge in [0.15, 0.2) is 0 Å². The molecule has 1 rings (SSSR count). The van der Waals surface area contributed by atoms with Crippen LogP contribution in [0.3, 0.4) is 0 Å². The molecule has 0 radical (unpaired) electrons. The third-order valence-electron chi connectivity index (χ3n) is 2.64. The predicted molar refractivity (Wildman–Crippen MR) is 71.8 cm³/mol. The first kappa shape index (κ1) is 15.1. The molecule has 102 valence electrons. The Kier molecular flexibility index (Phi) is 6.32. The van der Waals surface area contributed by atoms with Crippen LogP contribution in [0.15, 0.2) is 35.2 Å². The minimum absolute atomic E-state index is 0.272. The molecule has 0 aliphatic carbocycles. The lowest BCUT2D eigenvalue weighted by molar-refractivity contribution is 0.180. The summed E-state index contributed by atoms with van der Waals surface area (Å²) in [5.41, 5.74) is 0. The van der Waals surface area contributed by atoms with Gasteiger partial charge in [-0.15, -0.1) is 0 Å². The van der Waals surface area contributed by atoms with Gasteiger partial charge in [-0.25, -0.2) is 13.1 Å². The van der Waals surface area contributed by atoms with Crippen LogP contribution in [0.1, 0.15) is 32.6 Å². The summed E-state index contributed by atoms with van der Waals surface area (Å²) in [6, 6.07) is 8.36. The zero-order valence-corrected chi connectivity index (χ0v) is 11.5. The molecule has 5 heteroatoms. The molecule has 1 aromatic carbocycles. The molecule has 0 amide bonds.